The molecule has 0 saturated carbocycles. The van der Waals surface area contributed by atoms with Crippen LogP contribution in [0.4, 0.5) is 0 Å². The lowest BCUT2D eigenvalue weighted by Crippen LogP contribution is -2.40. The number of aliphatic hydroxyl groups is 1. The standard InChI is InChI=1S/C17H32N4O2/c1-13(2)9-17-18-16(19-23-17)12-20(4)11-15-5-7-21(8-6-15)10-14(3)22/h13-15,22H,5-12H2,1-4H3/t14-/m0/s1. The molecule has 1 aromatic rings. The topological polar surface area (TPSA) is 65.6 Å². The summed E-state index contributed by atoms with van der Waals surface area (Å²) < 4.78 is 5.30. The Balaban J connectivity index is 1.71. The van der Waals surface area contributed by atoms with Gasteiger partial charge in [0.15, 0.2) is 5.82 Å². The lowest BCUT2D eigenvalue weighted by atomic mass is 9.96. The van der Waals surface area contributed by atoms with Crippen molar-refractivity contribution in [3.63, 3.8) is 0 Å². The summed E-state index contributed by atoms with van der Waals surface area (Å²) in [5, 5.41) is 13.5. The molecule has 1 aliphatic heterocycles. The molecule has 6 heteroatoms. The van der Waals surface area contributed by atoms with Crippen molar-refractivity contribution < 1.29 is 9.63 Å². The highest BCUT2D eigenvalue weighted by atomic mass is 16.5. The third kappa shape index (κ3) is 6.57. The summed E-state index contributed by atoms with van der Waals surface area (Å²) in [5.41, 5.74) is 0. The minimum absolute atomic E-state index is 0.229. The molecule has 0 spiro atoms. The summed E-state index contributed by atoms with van der Waals surface area (Å²) in [6.45, 7) is 10.9. The van der Waals surface area contributed by atoms with Crippen LogP contribution in [0.25, 0.3) is 0 Å². The smallest absolute Gasteiger partial charge is 0.226 e. The van der Waals surface area contributed by atoms with Crippen LogP contribution in [0.1, 0.15) is 45.3 Å². The summed E-state index contributed by atoms with van der Waals surface area (Å²) in [6.07, 6.45) is 3.01. The van der Waals surface area contributed by atoms with Crippen molar-refractivity contribution in [3.8, 4) is 0 Å². The average molecular weight is 324 g/mol. The van der Waals surface area contributed by atoms with E-state index in [9.17, 15) is 5.11 Å². The van der Waals surface area contributed by atoms with E-state index in [2.05, 4.69) is 40.8 Å². The average Bonchev–Trinajstić information content (AvgIpc) is 2.86. The SMILES string of the molecule is CC(C)Cc1nc(CN(C)CC2CCN(C[C@H](C)O)CC2)no1. The number of piperidine rings is 1. The molecule has 0 aliphatic carbocycles. The Morgan fingerprint density at radius 3 is 2.61 bits per heavy atom. The number of nitrogens with zero attached hydrogens (tertiary/aromatic N) is 4. The van der Waals surface area contributed by atoms with Crippen LogP contribution in [0, 0.1) is 11.8 Å². The van der Waals surface area contributed by atoms with Gasteiger partial charge in [0.2, 0.25) is 5.89 Å². The van der Waals surface area contributed by atoms with E-state index in [1.165, 1.54) is 12.8 Å². The molecule has 2 rings (SSSR count). The second-order valence-corrected chi connectivity index (χ2v) is 7.49. The van der Waals surface area contributed by atoms with Crippen molar-refractivity contribution in [1.82, 2.24) is 19.9 Å². The quantitative estimate of drug-likeness (QED) is 0.786. The third-order valence-electron chi connectivity index (χ3n) is 4.30. The predicted octanol–water partition coefficient (Wildman–Crippen LogP) is 1.79. The van der Waals surface area contributed by atoms with Gasteiger partial charge in [0, 0.05) is 19.5 Å². The molecular weight excluding hydrogens is 292 g/mol. The molecule has 0 bridgehead atoms. The molecule has 0 amide bonds. The van der Waals surface area contributed by atoms with Gasteiger partial charge in [-0.1, -0.05) is 19.0 Å². The Kier molecular flexibility index (Phi) is 6.99. The molecule has 1 atom stereocenters. The molecule has 23 heavy (non-hydrogen) atoms. The number of rotatable bonds is 8. The van der Waals surface area contributed by atoms with Crippen LogP contribution in [0.5, 0.6) is 0 Å². The van der Waals surface area contributed by atoms with Crippen molar-refractivity contribution in [3.05, 3.63) is 11.7 Å². The molecule has 0 aromatic carbocycles. The molecule has 1 fully saturated rings. The number of hydrogen-bond acceptors (Lipinski definition) is 6. The van der Waals surface area contributed by atoms with Gasteiger partial charge in [0.1, 0.15) is 0 Å². The van der Waals surface area contributed by atoms with Crippen molar-refractivity contribution in [2.45, 2.75) is 52.7 Å². The lowest BCUT2D eigenvalue weighted by molar-refractivity contribution is 0.0916. The van der Waals surface area contributed by atoms with E-state index >= 15 is 0 Å². The van der Waals surface area contributed by atoms with E-state index in [1.54, 1.807) is 0 Å². The molecule has 1 aromatic heterocycles. The van der Waals surface area contributed by atoms with Crippen LogP contribution in [0.2, 0.25) is 0 Å². The Labute approximate surface area is 139 Å². The Morgan fingerprint density at radius 1 is 1.30 bits per heavy atom. The highest BCUT2D eigenvalue weighted by Gasteiger charge is 2.21. The number of β-amino-alcohol motifs (C(OH)–C–C–N with tert-alkyl or cyclic N) is 1. The van der Waals surface area contributed by atoms with E-state index in [-0.39, 0.29) is 6.10 Å². The maximum absolute atomic E-state index is 9.46. The lowest BCUT2D eigenvalue weighted by Gasteiger charge is -2.34. The summed E-state index contributed by atoms with van der Waals surface area (Å²) in [7, 11) is 2.13. The Hall–Kier alpha value is -0.980. The number of hydrogen-bond donors (Lipinski definition) is 1. The predicted molar refractivity (Wildman–Crippen MR) is 90.0 cm³/mol. The second kappa shape index (κ2) is 8.76. The van der Waals surface area contributed by atoms with Gasteiger partial charge >= 0.3 is 0 Å². The largest absolute Gasteiger partial charge is 0.392 e. The number of aromatic nitrogens is 2. The maximum atomic E-state index is 9.46. The monoisotopic (exact) mass is 324 g/mol. The van der Waals surface area contributed by atoms with Crippen LogP contribution in [0.15, 0.2) is 4.52 Å². The van der Waals surface area contributed by atoms with Gasteiger partial charge < -0.3 is 14.5 Å². The molecule has 1 N–H and O–H groups in total. The minimum Gasteiger partial charge on any atom is -0.392 e. The van der Waals surface area contributed by atoms with Gasteiger partial charge in [0.05, 0.1) is 12.6 Å². The zero-order chi connectivity index (χ0) is 16.8. The van der Waals surface area contributed by atoms with Crippen LogP contribution in [-0.4, -0.2) is 64.4 Å². The molecule has 0 radical (unpaired) electrons. The van der Waals surface area contributed by atoms with E-state index in [0.29, 0.717) is 11.8 Å². The van der Waals surface area contributed by atoms with Crippen molar-refractivity contribution in [2.75, 3.05) is 33.2 Å². The molecule has 0 unspecified atom stereocenters. The van der Waals surface area contributed by atoms with Crippen LogP contribution in [-0.2, 0) is 13.0 Å². The molecule has 132 valence electrons. The minimum atomic E-state index is -0.229. The third-order valence-corrected chi connectivity index (χ3v) is 4.30. The molecule has 1 aliphatic rings. The fourth-order valence-corrected chi connectivity index (χ4v) is 3.26. The first kappa shape index (κ1) is 18.4. The molecule has 1 saturated heterocycles. The van der Waals surface area contributed by atoms with Crippen LogP contribution < -0.4 is 0 Å². The van der Waals surface area contributed by atoms with Crippen LogP contribution >= 0.6 is 0 Å². The first-order valence-electron chi connectivity index (χ1n) is 8.82. The van der Waals surface area contributed by atoms with Gasteiger partial charge in [-0.3, -0.25) is 4.90 Å². The van der Waals surface area contributed by atoms with Crippen molar-refractivity contribution in [2.24, 2.45) is 11.8 Å². The number of aliphatic hydroxyl groups excluding tert-OH is 1. The summed E-state index contributed by atoms with van der Waals surface area (Å²) in [4.78, 5) is 9.12. The van der Waals surface area contributed by atoms with Gasteiger partial charge in [-0.05, 0) is 51.7 Å². The zero-order valence-electron chi connectivity index (χ0n) is 15.0. The van der Waals surface area contributed by atoms with E-state index < -0.39 is 0 Å². The van der Waals surface area contributed by atoms with Gasteiger partial charge in [0.25, 0.3) is 0 Å². The van der Waals surface area contributed by atoms with Crippen molar-refractivity contribution in [1.29, 1.82) is 0 Å². The Morgan fingerprint density at radius 2 is 2.00 bits per heavy atom. The normalized spacial score (nSPS) is 18.9. The highest BCUT2D eigenvalue weighted by molar-refractivity contribution is 4.87. The molecule has 2 heterocycles. The van der Waals surface area contributed by atoms with E-state index in [0.717, 1.165) is 50.9 Å². The fourth-order valence-electron chi connectivity index (χ4n) is 3.26. The van der Waals surface area contributed by atoms with Gasteiger partial charge in [-0.25, -0.2) is 0 Å². The summed E-state index contributed by atoms with van der Waals surface area (Å²) in [5.74, 6) is 2.78. The Bertz CT molecular complexity index is 453. The van der Waals surface area contributed by atoms with Gasteiger partial charge in [-0.2, -0.15) is 4.98 Å². The van der Waals surface area contributed by atoms with Gasteiger partial charge in [-0.15, -0.1) is 0 Å². The highest BCUT2D eigenvalue weighted by Crippen LogP contribution is 2.19. The van der Waals surface area contributed by atoms with Crippen molar-refractivity contribution >= 4 is 0 Å². The van der Waals surface area contributed by atoms with Crippen LogP contribution in [0.3, 0.4) is 0 Å². The number of likely N-dealkylation sites (tertiary alicyclic amines) is 1. The molecule has 6 nitrogen and oxygen atoms in total. The maximum Gasteiger partial charge on any atom is 0.226 e. The first-order chi connectivity index (χ1) is 10.9. The summed E-state index contributed by atoms with van der Waals surface area (Å²) >= 11 is 0. The van der Waals surface area contributed by atoms with E-state index in [1.807, 2.05) is 6.92 Å². The van der Waals surface area contributed by atoms with E-state index in [4.69, 9.17) is 4.52 Å². The summed E-state index contributed by atoms with van der Waals surface area (Å²) in [6, 6.07) is 0. The first-order valence-corrected chi connectivity index (χ1v) is 8.82. The second-order valence-electron chi connectivity index (χ2n) is 7.49. The zero-order valence-corrected chi connectivity index (χ0v) is 15.0. The fraction of sp³-hybridized carbons (Fsp3) is 0.882. The molecular formula is C17H32N4O2.